The smallest absolute Gasteiger partial charge is 0.0640 e. The quantitative estimate of drug-likeness (QED) is 0.840. The summed E-state index contributed by atoms with van der Waals surface area (Å²) in [6.45, 7) is 0.666. The van der Waals surface area contributed by atoms with Gasteiger partial charge in [-0.15, -0.1) is 0 Å². The Kier molecular flexibility index (Phi) is 3.62. The lowest BCUT2D eigenvalue weighted by molar-refractivity contribution is -0.0423. The van der Waals surface area contributed by atoms with Crippen molar-refractivity contribution in [3.63, 3.8) is 0 Å². The first-order chi connectivity index (χ1) is 7.24. The van der Waals surface area contributed by atoms with E-state index in [0.29, 0.717) is 6.61 Å². The van der Waals surface area contributed by atoms with Crippen molar-refractivity contribution < 1.29 is 9.84 Å². The van der Waals surface area contributed by atoms with Gasteiger partial charge in [0.2, 0.25) is 0 Å². The van der Waals surface area contributed by atoms with Crippen LogP contribution < -0.4 is 0 Å². The summed E-state index contributed by atoms with van der Waals surface area (Å²) in [5, 5.41) is 10.3. The molecule has 82 valence electrons. The second kappa shape index (κ2) is 4.97. The molecule has 1 N–H and O–H groups in total. The van der Waals surface area contributed by atoms with Crippen LogP contribution in [0.5, 0.6) is 0 Å². The molecule has 2 nitrogen and oxygen atoms in total. The number of aliphatic hydroxyl groups is 1. The third-order valence-electron chi connectivity index (χ3n) is 2.72. The molecule has 15 heavy (non-hydrogen) atoms. The van der Waals surface area contributed by atoms with E-state index in [0.717, 1.165) is 24.3 Å². The molecule has 2 atom stereocenters. The maximum atomic E-state index is 9.50. The first kappa shape index (κ1) is 10.9. The lowest BCUT2D eigenvalue weighted by Gasteiger charge is -2.26. The Balaban J connectivity index is 1.93. The molecule has 2 unspecified atom stereocenters. The molecule has 1 heterocycles. The van der Waals surface area contributed by atoms with Gasteiger partial charge in [0, 0.05) is 11.6 Å². The zero-order valence-corrected chi connectivity index (χ0v) is 9.28. The molecular weight excluding hydrogens is 212 g/mol. The summed E-state index contributed by atoms with van der Waals surface area (Å²) in [5.41, 5.74) is 1.21. The number of ether oxygens (including phenoxy) is 1. The molecule has 2 rings (SSSR count). The van der Waals surface area contributed by atoms with Crippen LogP contribution in [0.3, 0.4) is 0 Å². The molecule has 1 fully saturated rings. The fourth-order valence-corrected chi connectivity index (χ4v) is 2.01. The molecule has 0 radical (unpaired) electrons. The topological polar surface area (TPSA) is 29.5 Å². The Labute approximate surface area is 94.8 Å². The predicted octanol–water partition coefficient (Wildman–Crippen LogP) is 2.42. The molecule has 0 amide bonds. The molecule has 1 aromatic rings. The first-order valence-electron chi connectivity index (χ1n) is 5.28. The van der Waals surface area contributed by atoms with Gasteiger partial charge < -0.3 is 9.84 Å². The van der Waals surface area contributed by atoms with Gasteiger partial charge in [0.25, 0.3) is 0 Å². The van der Waals surface area contributed by atoms with Crippen LogP contribution in [0.4, 0.5) is 0 Å². The van der Waals surface area contributed by atoms with Crippen molar-refractivity contribution in [2.24, 2.45) is 0 Å². The van der Waals surface area contributed by atoms with Crippen molar-refractivity contribution in [3.05, 3.63) is 34.9 Å². The van der Waals surface area contributed by atoms with Crippen LogP contribution in [0, 0.1) is 0 Å². The second-order valence-electron chi connectivity index (χ2n) is 4.00. The van der Waals surface area contributed by atoms with Crippen LogP contribution >= 0.6 is 11.6 Å². The maximum Gasteiger partial charge on any atom is 0.0640 e. The fourth-order valence-electron chi connectivity index (χ4n) is 1.89. The van der Waals surface area contributed by atoms with Crippen molar-refractivity contribution in [2.45, 2.75) is 31.5 Å². The summed E-state index contributed by atoms with van der Waals surface area (Å²) in [6.07, 6.45) is 2.31. The highest BCUT2D eigenvalue weighted by atomic mass is 35.5. The number of aliphatic hydroxyl groups excluding tert-OH is 1. The predicted molar refractivity (Wildman–Crippen MR) is 60.1 cm³/mol. The Hall–Kier alpha value is -0.570. The van der Waals surface area contributed by atoms with Crippen molar-refractivity contribution in [1.82, 2.24) is 0 Å². The van der Waals surface area contributed by atoms with E-state index in [9.17, 15) is 5.11 Å². The third kappa shape index (κ3) is 3.20. The van der Waals surface area contributed by atoms with Gasteiger partial charge in [0.05, 0.1) is 12.2 Å². The Morgan fingerprint density at radius 2 is 2.07 bits per heavy atom. The molecule has 0 bridgehead atoms. The van der Waals surface area contributed by atoms with Crippen LogP contribution in [0.25, 0.3) is 0 Å². The molecule has 1 saturated heterocycles. The number of halogens is 1. The van der Waals surface area contributed by atoms with E-state index in [4.69, 9.17) is 16.3 Å². The van der Waals surface area contributed by atoms with Gasteiger partial charge in [-0.1, -0.05) is 23.7 Å². The number of benzene rings is 1. The normalized spacial score (nSPS) is 26.5. The van der Waals surface area contributed by atoms with E-state index in [-0.39, 0.29) is 12.2 Å². The number of hydrogen-bond acceptors (Lipinski definition) is 2. The minimum absolute atomic E-state index is 0.148. The summed E-state index contributed by atoms with van der Waals surface area (Å²) < 4.78 is 5.59. The average Bonchev–Trinajstić information content (AvgIpc) is 2.22. The molecule has 1 aliphatic rings. The van der Waals surface area contributed by atoms with E-state index in [1.54, 1.807) is 0 Å². The average molecular weight is 227 g/mol. The Morgan fingerprint density at radius 3 is 2.73 bits per heavy atom. The SMILES string of the molecule is OC1CCOC(Cc2ccc(Cl)cc2)C1. The van der Waals surface area contributed by atoms with Crippen molar-refractivity contribution in [3.8, 4) is 0 Å². The minimum Gasteiger partial charge on any atom is -0.393 e. The van der Waals surface area contributed by atoms with Crippen LogP contribution in [-0.4, -0.2) is 23.9 Å². The molecule has 0 spiro atoms. The molecular formula is C12H15ClO2. The molecule has 1 aromatic carbocycles. The molecule has 0 aliphatic carbocycles. The van der Waals surface area contributed by atoms with Gasteiger partial charge in [0.1, 0.15) is 0 Å². The molecule has 0 saturated carbocycles. The summed E-state index contributed by atoms with van der Waals surface area (Å²) in [6, 6.07) is 7.78. The van der Waals surface area contributed by atoms with Gasteiger partial charge >= 0.3 is 0 Å². The number of rotatable bonds is 2. The van der Waals surface area contributed by atoms with E-state index >= 15 is 0 Å². The van der Waals surface area contributed by atoms with Gasteiger partial charge in [-0.05, 0) is 37.0 Å². The zero-order valence-electron chi connectivity index (χ0n) is 8.53. The molecule has 1 aliphatic heterocycles. The highest BCUT2D eigenvalue weighted by Gasteiger charge is 2.20. The van der Waals surface area contributed by atoms with E-state index < -0.39 is 0 Å². The molecule has 3 heteroatoms. The highest BCUT2D eigenvalue weighted by Crippen LogP contribution is 2.19. The van der Waals surface area contributed by atoms with Crippen LogP contribution in [0.2, 0.25) is 5.02 Å². The molecule has 0 aromatic heterocycles. The third-order valence-corrected chi connectivity index (χ3v) is 2.97. The summed E-state index contributed by atoms with van der Waals surface area (Å²) in [5.74, 6) is 0. The summed E-state index contributed by atoms with van der Waals surface area (Å²) >= 11 is 5.81. The fraction of sp³-hybridized carbons (Fsp3) is 0.500. The number of hydrogen-bond donors (Lipinski definition) is 1. The standard InChI is InChI=1S/C12H15ClO2/c13-10-3-1-9(2-4-10)7-12-8-11(14)5-6-15-12/h1-4,11-12,14H,5-8H2. The van der Waals surface area contributed by atoms with Crippen molar-refractivity contribution >= 4 is 11.6 Å². The lowest BCUT2D eigenvalue weighted by Crippen LogP contribution is -2.30. The van der Waals surface area contributed by atoms with Gasteiger partial charge in [-0.2, -0.15) is 0 Å². The monoisotopic (exact) mass is 226 g/mol. The second-order valence-corrected chi connectivity index (χ2v) is 4.44. The van der Waals surface area contributed by atoms with Crippen LogP contribution in [-0.2, 0) is 11.2 Å². The highest BCUT2D eigenvalue weighted by molar-refractivity contribution is 6.30. The van der Waals surface area contributed by atoms with E-state index in [2.05, 4.69) is 0 Å². The largest absolute Gasteiger partial charge is 0.393 e. The van der Waals surface area contributed by atoms with Crippen molar-refractivity contribution in [1.29, 1.82) is 0 Å². The lowest BCUT2D eigenvalue weighted by atomic mass is 10.00. The van der Waals surface area contributed by atoms with Gasteiger partial charge in [-0.25, -0.2) is 0 Å². The summed E-state index contributed by atoms with van der Waals surface area (Å²) in [7, 11) is 0. The zero-order chi connectivity index (χ0) is 10.7. The van der Waals surface area contributed by atoms with Crippen LogP contribution in [0.1, 0.15) is 18.4 Å². The van der Waals surface area contributed by atoms with E-state index in [1.807, 2.05) is 24.3 Å². The van der Waals surface area contributed by atoms with Gasteiger partial charge in [-0.3, -0.25) is 0 Å². The Bertz CT molecular complexity index is 310. The Morgan fingerprint density at radius 1 is 1.33 bits per heavy atom. The minimum atomic E-state index is -0.198. The van der Waals surface area contributed by atoms with Gasteiger partial charge in [0.15, 0.2) is 0 Å². The van der Waals surface area contributed by atoms with Crippen molar-refractivity contribution in [2.75, 3.05) is 6.61 Å². The summed E-state index contributed by atoms with van der Waals surface area (Å²) in [4.78, 5) is 0. The van der Waals surface area contributed by atoms with Crippen LogP contribution in [0.15, 0.2) is 24.3 Å². The first-order valence-corrected chi connectivity index (χ1v) is 5.66. The maximum absolute atomic E-state index is 9.50. The van der Waals surface area contributed by atoms with E-state index in [1.165, 1.54) is 5.56 Å².